The van der Waals surface area contributed by atoms with Gasteiger partial charge in [0.05, 0.1) is 10.5 Å². The maximum Gasteiger partial charge on any atom is 0.300 e. The molecule has 2 aromatic rings. The van der Waals surface area contributed by atoms with E-state index in [1.54, 1.807) is 0 Å². The summed E-state index contributed by atoms with van der Waals surface area (Å²) in [5.74, 6) is 0.971. The average Bonchev–Trinajstić information content (AvgIpc) is 2.71. The minimum Gasteiger partial charge on any atom is -0.326 e. The molecule has 4 rings (SSSR count). The lowest BCUT2D eigenvalue weighted by Gasteiger charge is -2.34. The van der Waals surface area contributed by atoms with Crippen molar-refractivity contribution in [1.29, 1.82) is 0 Å². The van der Waals surface area contributed by atoms with Gasteiger partial charge < -0.3 is 4.90 Å². The number of amides is 1. The van der Waals surface area contributed by atoms with Gasteiger partial charge in [0.15, 0.2) is 0 Å². The molecule has 1 amide bonds. The highest BCUT2D eigenvalue weighted by molar-refractivity contribution is 8.15. The van der Waals surface area contributed by atoms with Crippen LogP contribution < -0.4 is 10.3 Å². The Balaban J connectivity index is 1.74. The molecule has 7 heteroatoms. The maximum atomic E-state index is 11.8. The molecule has 2 heterocycles. The topological polar surface area (TPSA) is 57.1 Å². The van der Waals surface area contributed by atoms with Crippen LogP contribution in [0.1, 0.15) is 50.8 Å². The predicted molar refractivity (Wildman–Crippen MR) is 132 cm³/mol. The fourth-order valence-corrected chi connectivity index (χ4v) is 5.00. The van der Waals surface area contributed by atoms with Gasteiger partial charge in [0.25, 0.3) is 5.24 Å². The Hall–Kier alpha value is -2.31. The summed E-state index contributed by atoms with van der Waals surface area (Å²) >= 11 is 7.39. The highest BCUT2D eigenvalue weighted by Crippen LogP contribution is 2.35. The molecule has 0 radical (unpaired) electrons. The van der Waals surface area contributed by atoms with Crippen molar-refractivity contribution in [1.82, 2.24) is 5.43 Å². The smallest absolute Gasteiger partial charge is 0.300 e. The Kier molecular flexibility index (Phi) is 6.13. The van der Waals surface area contributed by atoms with Gasteiger partial charge in [-0.05, 0) is 88.1 Å². The summed E-state index contributed by atoms with van der Waals surface area (Å²) in [4.78, 5) is 19.1. The van der Waals surface area contributed by atoms with Crippen LogP contribution in [0.25, 0.3) is 0 Å². The van der Waals surface area contributed by atoms with Crippen molar-refractivity contribution < 1.29 is 4.79 Å². The summed E-state index contributed by atoms with van der Waals surface area (Å²) in [5, 5.41) is 4.98. The molecule has 0 atom stereocenters. The van der Waals surface area contributed by atoms with E-state index in [4.69, 9.17) is 16.6 Å². The van der Waals surface area contributed by atoms with E-state index in [1.807, 2.05) is 38.1 Å². The van der Waals surface area contributed by atoms with Crippen LogP contribution in [0.5, 0.6) is 0 Å². The van der Waals surface area contributed by atoms with Gasteiger partial charge in [-0.1, -0.05) is 29.4 Å². The first-order valence-corrected chi connectivity index (χ1v) is 11.8. The van der Waals surface area contributed by atoms with Crippen molar-refractivity contribution in [2.75, 3.05) is 11.4 Å². The van der Waals surface area contributed by atoms with Crippen LogP contribution in [0, 0.1) is 0 Å². The molecule has 0 aromatic heterocycles. The van der Waals surface area contributed by atoms with Crippen molar-refractivity contribution in [2.45, 2.75) is 51.3 Å². The molecule has 0 aliphatic carbocycles. The number of nitrogens with one attached hydrogen (secondary N) is 1. The fourth-order valence-electron chi connectivity index (χ4n) is 4.06. The zero-order valence-electron chi connectivity index (χ0n) is 18.3. The summed E-state index contributed by atoms with van der Waals surface area (Å²) < 4.78 is -0.376. The van der Waals surface area contributed by atoms with Gasteiger partial charge in [-0.25, -0.2) is 5.43 Å². The number of aryl methyl sites for hydroxylation is 1. The summed E-state index contributed by atoms with van der Waals surface area (Å²) in [6.45, 7) is 9.18. The van der Waals surface area contributed by atoms with E-state index < -0.39 is 0 Å². The Morgan fingerprint density at radius 2 is 1.97 bits per heavy atom. The summed E-state index contributed by atoms with van der Waals surface area (Å²) in [6, 6.07) is 14.5. The summed E-state index contributed by atoms with van der Waals surface area (Å²) in [5.41, 5.74) is 8.07. The molecule has 0 spiro atoms. The normalized spacial score (nSPS) is 18.5. The van der Waals surface area contributed by atoms with E-state index in [0.717, 1.165) is 47.1 Å². The van der Waals surface area contributed by atoms with Gasteiger partial charge in [-0.15, -0.1) is 0 Å². The van der Waals surface area contributed by atoms with Gasteiger partial charge >= 0.3 is 0 Å². The zero-order chi connectivity index (χ0) is 22.2. The van der Waals surface area contributed by atoms with E-state index in [-0.39, 0.29) is 16.0 Å². The summed E-state index contributed by atoms with van der Waals surface area (Å²) in [6.07, 6.45) is 2.05. The second-order valence-corrected chi connectivity index (χ2v) is 10.7. The van der Waals surface area contributed by atoms with Gasteiger partial charge in [0, 0.05) is 28.9 Å². The number of fused-ring (bicyclic) bond motifs is 1. The molecule has 31 heavy (non-hydrogen) atoms. The number of amidine groups is 1. The Bertz CT molecular complexity index is 1060. The van der Waals surface area contributed by atoms with Gasteiger partial charge in [0.1, 0.15) is 5.84 Å². The number of rotatable bonds is 3. The molecule has 0 bridgehead atoms. The van der Waals surface area contributed by atoms with Crippen molar-refractivity contribution in [3.05, 3.63) is 64.2 Å². The van der Waals surface area contributed by atoms with E-state index in [1.165, 1.54) is 23.0 Å². The van der Waals surface area contributed by atoms with Crippen LogP contribution in [0.3, 0.4) is 0 Å². The monoisotopic (exact) mass is 454 g/mol. The number of hydrazone groups is 1. The number of thioether (sulfide) groups is 1. The van der Waals surface area contributed by atoms with Gasteiger partial charge in [0.2, 0.25) is 0 Å². The molecule has 5 nitrogen and oxygen atoms in total. The Labute approximate surface area is 193 Å². The van der Waals surface area contributed by atoms with Crippen molar-refractivity contribution in [3.63, 3.8) is 0 Å². The van der Waals surface area contributed by atoms with E-state index in [9.17, 15) is 4.79 Å². The van der Waals surface area contributed by atoms with Crippen LogP contribution in [0.15, 0.2) is 52.6 Å². The standard InChI is InChI=1S/C24H27ClN4OS/c1-15(2)26-22(16-7-10-19(25)11-8-16)29-13-5-6-17-14-18(9-12-20(17)29)21-24(3,4)31-23(30)28-27-21/h7-12,14-15H,5-6,13H2,1-4H3,(H,28,30). The third-order valence-corrected chi connectivity index (χ3v) is 6.62. The van der Waals surface area contributed by atoms with Gasteiger partial charge in [-0.3, -0.25) is 9.79 Å². The number of aliphatic imine (C=N–C) groups is 1. The highest BCUT2D eigenvalue weighted by Gasteiger charge is 2.34. The number of carbonyl (C=O) groups is 1. The Morgan fingerprint density at radius 1 is 1.23 bits per heavy atom. The third-order valence-electron chi connectivity index (χ3n) is 5.39. The number of nitrogens with zero attached hydrogens (tertiary/aromatic N) is 3. The molecule has 0 saturated carbocycles. The molecule has 0 fully saturated rings. The fraction of sp³-hybridized carbons (Fsp3) is 0.375. The first-order chi connectivity index (χ1) is 14.7. The number of halogens is 1. The largest absolute Gasteiger partial charge is 0.326 e. The molecule has 2 aromatic carbocycles. The maximum absolute atomic E-state index is 11.8. The molecule has 0 unspecified atom stereocenters. The molecular formula is C24H27ClN4OS. The molecule has 162 valence electrons. The number of hydrogen-bond donors (Lipinski definition) is 1. The number of anilines is 1. The zero-order valence-corrected chi connectivity index (χ0v) is 19.8. The molecular weight excluding hydrogens is 428 g/mol. The van der Waals surface area contributed by atoms with Crippen LogP contribution in [0.2, 0.25) is 5.02 Å². The van der Waals surface area contributed by atoms with Crippen LogP contribution in [-0.4, -0.2) is 34.1 Å². The lowest BCUT2D eigenvalue weighted by molar-refractivity contribution is 0.260. The van der Waals surface area contributed by atoms with E-state index in [0.29, 0.717) is 0 Å². The SMILES string of the molecule is CC(C)N=C(c1ccc(Cl)cc1)N1CCCc2cc(C3=NNC(=O)SC3(C)C)ccc21. The van der Waals surface area contributed by atoms with Crippen LogP contribution in [0.4, 0.5) is 10.5 Å². The molecule has 1 N–H and O–H groups in total. The minimum absolute atomic E-state index is 0.115. The van der Waals surface area contributed by atoms with Crippen molar-refractivity contribution >= 4 is 45.8 Å². The second-order valence-electron chi connectivity index (χ2n) is 8.62. The Morgan fingerprint density at radius 3 is 2.65 bits per heavy atom. The lowest BCUT2D eigenvalue weighted by Crippen LogP contribution is -2.39. The second kappa shape index (κ2) is 8.67. The summed E-state index contributed by atoms with van der Waals surface area (Å²) in [7, 11) is 0. The minimum atomic E-state index is -0.376. The number of carbonyl (C=O) groups excluding carboxylic acids is 1. The van der Waals surface area contributed by atoms with E-state index in [2.05, 4.69) is 47.5 Å². The van der Waals surface area contributed by atoms with Crippen molar-refractivity contribution in [2.24, 2.45) is 10.1 Å². The molecule has 0 saturated heterocycles. The van der Waals surface area contributed by atoms with Gasteiger partial charge in [-0.2, -0.15) is 5.10 Å². The first-order valence-electron chi connectivity index (χ1n) is 10.6. The van der Waals surface area contributed by atoms with E-state index >= 15 is 0 Å². The quantitative estimate of drug-likeness (QED) is 0.465. The highest BCUT2D eigenvalue weighted by atomic mass is 35.5. The number of benzene rings is 2. The molecule has 2 aliphatic heterocycles. The number of hydrogen-bond acceptors (Lipinski definition) is 4. The predicted octanol–water partition coefficient (Wildman–Crippen LogP) is 5.89. The van der Waals surface area contributed by atoms with Crippen LogP contribution >= 0.6 is 23.4 Å². The van der Waals surface area contributed by atoms with Crippen LogP contribution in [-0.2, 0) is 6.42 Å². The third kappa shape index (κ3) is 4.65. The molecule has 2 aliphatic rings. The average molecular weight is 455 g/mol. The first kappa shape index (κ1) is 21.9. The lowest BCUT2D eigenvalue weighted by atomic mass is 9.93. The van der Waals surface area contributed by atoms with Crippen molar-refractivity contribution in [3.8, 4) is 0 Å².